The Bertz CT molecular complexity index is 958. The number of aromatic nitrogens is 1. The van der Waals surface area contributed by atoms with Crippen molar-refractivity contribution in [2.45, 2.75) is 78.2 Å². The first-order valence-corrected chi connectivity index (χ1v) is 12.2. The predicted octanol–water partition coefficient (Wildman–Crippen LogP) is 7.07. The second kappa shape index (κ2) is 6.99. The normalized spacial score (nSPS) is 43.8. The summed E-state index contributed by atoms with van der Waals surface area (Å²) in [5, 5.41) is 13.1. The quantitative estimate of drug-likeness (QED) is 0.515. The molecule has 5 rings (SSSR count). The van der Waals surface area contributed by atoms with Gasteiger partial charge in [0.15, 0.2) is 0 Å². The molecule has 162 valence electrons. The number of hydrogen-bond acceptors (Lipinski definition) is 1. The Morgan fingerprint density at radius 2 is 1.87 bits per heavy atom. The number of aliphatic hydroxyl groups excluding tert-OH is 1. The van der Waals surface area contributed by atoms with Crippen molar-refractivity contribution in [1.82, 2.24) is 4.98 Å². The molecule has 0 aliphatic heterocycles. The number of allylic oxidation sites excluding steroid dienone is 1. The van der Waals surface area contributed by atoms with Gasteiger partial charge in [-0.1, -0.05) is 51.1 Å². The third-order valence-corrected chi connectivity index (χ3v) is 10.2. The van der Waals surface area contributed by atoms with Crippen molar-refractivity contribution >= 4 is 10.9 Å². The van der Waals surface area contributed by atoms with Gasteiger partial charge < -0.3 is 10.1 Å². The lowest BCUT2D eigenvalue weighted by Crippen LogP contribution is -2.65. The molecule has 1 spiro atoms. The SMILES string of the molecule is C=C(C)[C@@H]1CCC23[C@H]([C@H]1c1c[nH]c4ccccc14)[C@H](C)CC[C@@]2(C)[C@H](C)CC[C@@H]3O. The lowest BCUT2D eigenvalue weighted by Gasteiger charge is -2.69. The van der Waals surface area contributed by atoms with Crippen LogP contribution in [0.3, 0.4) is 0 Å². The highest BCUT2D eigenvalue weighted by molar-refractivity contribution is 5.83. The molecule has 30 heavy (non-hydrogen) atoms. The molecule has 8 atom stereocenters. The number of H-pyrrole nitrogens is 1. The van der Waals surface area contributed by atoms with Crippen LogP contribution in [-0.4, -0.2) is 16.2 Å². The highest BCUT2D eigenvalue weighted by atomic mass is 16.3. The van der Waals surface area contributed by atoms with Crippen molar-refractivity contribution in [3.05, 3.63) is 48.2 Å². The van der Waals surface area contributed by atoms with Crippen LogP contribution >= 0.6 is 0 Å². The van der Waals surface area contributed by atoms with Crippen LogP contribution in [0.25, 0.3) is 10.9 Å². The number of nitrogens with one attached hydrogen (secondary N) is 1. The molecule has 1 aromatic heterocycles. The molecule has 2 heteroatoms. The Labute approximate surface area is 182 Å². The van der Waals surface area contributed by atoms with Crippen LogP contribution in [0.15, 0.2) is 42.6 Å². The number of benzene rings is 1. The first-order chi connectivity index (χ1) is 14.3. The van der Waals surface area contributed by atoms with Crippen molar-refractivity contribution < 1.29 is 5.11 Å². The predicted molar refractivity (Wildman–Crippen MR) is 125 cm³/mol. The van der Waals surface area contributed by atoms with Crippen molar-refractivity contribution in [3.8, 4) is 0 Å². The summed E-state index contributed by atoms with van der Waals surface area (Å²) in [4.78, 5) is 3.56. The monoisotopic (exact) mass is 405 g/mol. The minimum absolute atomic E-state index is 0.0251. The summed E-state index contributed by atoms with van der Waals surface area (Å²) in [5.74, 6) is 2.74. The van der Waals surface area contributed by atoms with E-state index in [1.165, 1.54) is 41.3 Å². The van der Waals surface area contributed by atoms with E-state index in [1.807, 2.05) is 0 Å². The first kappa shape index (κ1) is 20.4. The van der Waals surface area contributed by atoms with Crippen LogP contribution < -0.4 is 0 Å². The van der Waals surface area contributed by atoms with Gasteiger partial charge in [-0.05, 0) is 92.1 Å². The van der Waals surface area contributed by atoms with E-state index in [-0.39, 0.29) is 16.9 Å². The molecule has 3 saturated carbocycles. The first-order valence-electron chi connectivity index (χ1n) is 12.2. The zero-order chi connectivity index (χ0) is 21.3. The van der Waals surface area contributed by atoms with Crippen LogP contribution in [0, 0.1) is 34.5 Å². The Morgan fingerprint density at radius 3 is 2.63 bits per heavy atom. The van der Waals surface area contributed by atoms with Crippen molar-refractivity contribution in [2.75, 3.05) is 0 Å². The highest BCUT2D eigenvalue weighted by Gasteiger charge is 2.67. The van der Waals surface area contributed by atoms with E-state index >= 15 is 0 Å². The van der Waals surface area contributed by atoms with Gasteiger partial charge in [0, 0.05) is 22.5 Å². The van der Waals surface area contributed by atoms with E-state index in [1.54, 1.807) is 0 Å². The molecule has 0 saturated heterocycles. The van der Waals surface area contributed by atoms with E-state index in [0.717, 1.165) is 19.3 Å². The Kier molecular flexibility index (Phi) is 4.74. The number of aliphatic hydroxyl groups is 1. The number of para-hydroxylation sites is 1. The molecule has 3 aliphatic rings. The van der Waals surface area contributed by atoms with Gasteiger partial charge in [0.1, 0.15) is 0 Å². The van der Waals surface area contributed by atoms with Gasteiger partial charge >= 0.3 is 0 Å². The lowest BCUT2D eigenvalue weighted by molar-refractivity contribution is -0.228. The number of rotatable bonds is 2. The van der Waals surface area contributed by atoms with Gasteiger partial charge in [-0.15, -0.1) is 0 Å². The molecular weight excluding hydrogens is 366 g/mol. The van der Waals surface area contributed by atoms with Crippen molar-refractivity contribution in [3.63, 3.8) is 0 Å². The van der Waals surface area contributed by atoms with Crippen LogP contribution in [0.5, 0.6) is 0 Å². The third-order valence-electron chi connectivity index (χ3n) is 10.2. The number of fused-ring (bicyclic) bond motifs is 1. The molecule has 1 heterocycles. The van der Waals surface area contributed by atoms with Crippen LogP contribution in [-0.2, 0) is 0 Å². The summed E-state index contributed by atoms with van der Waals surface area (Å²) in [5.41, 5.74) is 4.27. The van der Waals surface area contributed by atoms with Crippen LogP contribution in [0.4, 0.5) is 0 Å². The van der Waals surface area contributed by atoms with Crippen LogP contribution in [0.2, 0.25) is 0 Å². The largest absolute Gasteiger partial charge is 0.393 e. The number of aromatic amines is 1. The van der Waals surface area contributed by atoms with E-state index in [0.29, 0.717) is 29.6 Å². The minimum atomic E-state index is -0.176. The summed E-state index contributed by atoms with van der Waals surface area (Å²) in [6.45, 7) is 14.2. The summed E-state index contributed by atoms with van der Waals surface area (Å²) < 4.78 is 0. The Balaban J connectivity index is 1.74. The van der Waals surface area contributed by atoms with Crippen molar-refractivity contribution in [1.29, 1.82) is 0 Å². The molecule has 1 aromatic carbocycles. The fourth-order valence-corrected chi connectivity index (χ4v) is 8.57. The van der Waals surface area contributed by atoms with E-state index in [9.17, 15) is 5.11 Å². The van der Waals surface area contributed by atoms with Gasteiger partial charge in [-0.2, -0.15) is 0 Å². The topological polar surface area (TPSA) is 36.0 Å². The van der Waals surface area contributed by atoms with Gasteiger partial charge in [0.25, 0.3) is 0 Å². The molecule has 1 unspecified atom stereocenters. The standard InChI is InChI=1S/C28H39NO/c1-17(2)20-13-15-28-24(30)11-10-19(4)27(28,5)14-12-18(3)26(28)25(20)22-16-29-23-9-7-6-8-21(22)23/h6-9,16,18-20,24-26,29-30H,1,10-15H2,2-5H3/t18-,19-,20+,24+,25-,26+,27+,28?/m1/s1. The smallest absolute Gasteiger partial charge is 0.0604 e. The Morgan fingerprint density at radius 1 is 1.10 bits per heavy atom. The molecule has 0 bridgehead atoms. The summed E-state index contributed by atoms with van der Waals surface area (Å²) in [7, 11) is 0. The summed E-state index contributed by atoms with van der Waals surface area (Å²) in [6, 6.07) is 8.76. The third kappa shape index (κ3) is 2.52. The minimum Gasteiger partial charge on any atom is -0.393 e. The van der Waals surface area contributed by atoms with Gasteiger partial charge in [0.2, 0.25) is 0 Å². The molecule has 3 aliphatic carbocycles. The fraction of sp³-hybridized carbons (Fsp3) is 0.643. The molecule has 0 radical (unpaired) electrons. The zero-order valence-electron chi connectivity index (χ0n) is 19.2. The zero-order valence-corrected chi connectivity index (χ0v) is 19.2. The average molecular weight is 406 g/mol. The van der Waals surface area contributed by atoms with Crippen molar-refractivity contribution in [2.24, 2.45) is 34.5 Å². The highest BCUT2D eigenvalue weighted by Crippen LogP contribution is 2.72. The van der Waals surface area contributed by atoms with Gasteiger partial charge in [0.05, 0.1) is 6.10 Å². The maximum Gasteiger partial charge on any atom is 0.0604 e. The molecule has 2 N–H and O–H groups in total. The van der Waals surface area contributed by atoms with Gasteiger partial charge in [-0.25, -0.2) is 0 Å². The second-order valence-electron chi connectivity index (χ2n) is 11.3. The second-order valence-corrected chi connectivity index (χ2v) is 11.3. The Hall–Kier alpha value is -1.54. The van der Waals surface area contributed by atoms with E-state index in [2.05, 4.69) is 69.7 Å². The summed E-state index contributed by atoms with van der Waals surface area (Å²) >= 11 is 0. The van der Waals surface area contributed by atoms with E-state index < -0.39 is 0 Å². The molecule has 3 fully saturated rings. The summed E-state index contributed by atoms with van der Waals surface area (Å²) in [6.07, 6.45) is 9.10. The molecule has 2 nitrogen and oxygen atoms in total. The lowest BCUT2D eigenvalue weighted by atomic mass is 9.35. The molecular formula is C28H39NO. The molecule has 2 aromatic rings. The molecule has 0 amide bonds. The maximum absolute atomic E-state index is 11.7. The fourth-order valence-electron chi connectivity index (χ4n) is 8.57. The van der Waals surface area contributed by atoms with E-state index in [4.69, 9.17) is 0 Å². The van der Waals surface area contributed by atoms with Crippen LogP contribution in [0.1, 0.15) is 77.7 Å². The van der Waals surface area contributed by atoms with Gasteiger partial charge in [-0.3, -0.25) is 0 Å². The maximum atomic E-state index is 11.7. The average Bonchev–Trinajstić information content (AvgIpc) is 3.16. The number of hydrogen-bond donors (Lipinski definition) is 2.